The van der Waals surface area contributed by atoms with E-state index in [9.17, 15) is 18.7 Å². The number of carbonyl (C=O) groups is 1. The van der Waals surface area contributed by atoms with E-state index in [1.54, 1.807) is 30.3 Å². The van der Waals surface area contributed by atoms with Crippen molar-refractivity contribution in [1.82, 2.24) is 5.32 Å². The maximum absolute atomic E-state index is 12.1. The topological polar surface area (TPSA) is 58.6 Å². The van der Waals surface area contributed by atoms with Crippen molar-refractivity contribution in [2.45, 2.75) is 38.3 Å². The molecule has 0 spiro atoms. The van der Waals surface area contributed by atoms with Crippen molar-refractivity contribution in [3.8, 4) is 0 Å². The van der Waals surface area contributed by atoms with Gasteiger partial charge in [-0.15, -0.1) is 0 Å². The van der Waals surface area contributed by atoms with E-state index in [1.807, 2.05) is 13.8 Å². The third-order valence-corrected chi connectivity index (χ3v) is 3.03. The molecule has 118 valence electrons. The van der Waals surface area contributed by atoms with Crippen LogP contribution < -0.4 is 5.32 Å². The van der Waals surface area contributed by atoms with Crippen LogP contribution in [-0.4, -0.2) is 36.8 Å². The van der Waals surface area contributed by atoms with E-state index in [0.29, 0.717) is 5.56 Å². The lowest BCUT2D eigenvalue weighted by Gasteiger charge is -2.33. The second kappa shape index (κ2) is 8.05. The van der Waals surface area contributed by atoms with Crippen molar-refractivity contribution < 1.29 is 23.4 Å². The fraction of sp³-hybridized carbons (Fsp3) is 0.533. The Morgan fingerprint density at radius 2 is 1.95 bits per heavy atom. The Morgan fingerprint density at radius 3 is 2.43 bits per heavy atom. The molecule has 0 aliphatic carbocycles. The highest BCUT2D eigenvalue weighted by atomic mass is 19.3. The Bertz CT molecular complexity index is 440. The number of carboxylic acids is 1. The highest BCUT2D eigenvalue weighted by Gasteiger charge is 2.40. The molecule has 1 rings (SSSR count). The predicted molar refractivity (Wildman–Crippen MR) is 75.5 cm³/mol. The van der Waals surface area contributed by atoms with Gasteiger partial charge in [0.25, 0.3) is 6.43 Å². The number of nitrogens with one attached hydrogen (secondary N) is 1. The molecule has 6 heteroatoms. The Hall–Kier alpha value is -1.53. The van der Waals surface area contributed by atoms with Crippen LogP contribution >= 0.6 is 0 Å². The molecule has 0 aliphatic rings. The Morgan fingerprint density at radius 1 is 1.33 bits per heavy atom. The first kappa shape index (κ1) is 17.5. The number of aliphatic carboxylic acids is 1. The van der Waals surface area contributed by atoms with E-state index >= 15 is 0 Å². The average molecular weight is 301 g/mol. The van der Waals surface area contributed by atoms with Gasteiger partial charge in [0.15, 0.2) is 0 Å². The van der Waals surface area contributed by atoms with E-state index in [2.05, 4.69) is 5.32 Å². The first-order valence-electron chi connectivity index (χ1n) is 6.81. The van der Waals surface area contributed by atoms with Gasteiger partial charge < -0.3 is 9.84 Å². The van der Waals surface area contributed by atoms with Crippen LogP contribution in [0.3, 0.4) is 0 Å². The lowest BCUT2D eigenvalue weighted by atomic mass is 9.86. The van der Waals surface area contributed by atoms with Crippen LogP contribution in [0.4, 0.5) is 8.78 Å². The second-order valence-corrected chi connectivity index (χ2v) is 5.09. The number of carboxylic acid groups (broad SMARTS) is 1. The molecule has 21 heavy (non-hydrogen) atoms. The van der Waals surface area contributed by atoms with Gasteiger partial charge in [0.2, 0.25) is 0 Å². The summed E-state index contributed by atoms with van der Waals surface area (Å²) in [6.07, 6.45) is -2.49. The molecule has 0 radical (unpaired) electrons. The molecular formula is C15H21F2NO3. The zero-order chi connectivity index (χ0) is 15.9. The largest absolute Gasteiger partial charge is 0.480 e. The summed E-state index contributed by atoms with van der Waals surface area (Å²) in [4.78, 5) is 11.8. The summed E-state index contributed by atoms with van der Waals surface area (Å²) in [6.45, 7) is 2.92. The van der Waals surface area contributed by atoms with Crippen LogP contribution in [0, 0.1) is 0 Å². The van der Waals surface area contributed by atoms with Gasteiger partial charge in [-0.1, -0.05) is 30.3 Å². The molecule has 1 aromatic rings. The van der Waals surface area contributed by atoms with E-state index in [4.69, 9.17) is 4.74 Å². The second-order valence-electron chi connectivity index (χ2n) is 5.09. The first-order valence-corrected chi connectivity index (χ1v) is 6.81. The molecule has 2 N–H and O–H groups in total. The fourth-order valence-electron chi connectivity index (χ4n) is 2.21. The van der Waals surface area contributed by atoms with E-state index in [0.717, 1.165) is 0 Å². The summed E-state index contributed by atoms with van der Waals surface area (Å²) >= 11 is 0. The van der Waals surface area contributed by atoms with Crippen LogP contribution in [-0.2, 0) is 15.1 Å². The molecule has 0 saturated heterocycles. The SMILES string of the molecule is CC(C)NC(CCOCC(F)F)(C(=O)O)c1ccccc1. The molecule has 1 unspecified atom stereocenters. The number of hydrogen-bond acceptors (Lipinski definition) is 3. The van der Waals surface area contributed by atoms with Gasteiger partial charge in [-0.2, -0.15) is 0 Å². The van der Waals surface area contributed by atoms with Crippen LogP contribution in [0.1, 0.15) is 25.8 Å². The zero-order valence-corrected chi connectivity index (χ0v) is 12.2. The predicted octanol–water partition coefficient (Wildman–Crippen LogP) is 2.64. The monoisotopic (exact) mass is 301 g/mol. The number of ether oxygens (including phenoxy) is 1. The third-order valence-electron chi connectivity index (χ3n) is 3.03. The van der Waals surface area contributed by atoms with E-state index < -0.39 is 24.5 Å². The van der Waals surface area contributed by atoms with Gasteiger partial charge in [-0.3, -0.25) is 5.32 Å². The Labute approximate surface area is 123 Å². The Balaban J connectivity index is 2.94. The highest BCUT2D eigenvalue weighted by molar-refractivity contribution is 5.80. The van der Waals surface area contributed by atoms with Crippen LogP contribution in [0.2, 0.25) is 0 Å². The molecule has 0 amide bonds. The van der Waals surface area contributed by atoms with Crippen molar-refractivity contribution in [3.63, 3.8) is 0 Å². The third kappa shape index (κ3) is 5.06. The summed E-state index contributed by atoms with van der Waals surface area (Å²) in [7, 11) is 0. The minimum atomic E-state index is -2.56. The zero-order valence-electron chi connectivity index (χ0n) is 12.2. The van der Waals surface area contributed by atoms with Gasteiger partial charge in [-0.05, 0) is 19.4 Å². The molecule has 1 atom stereocenters. The molecule has 0 saturated carbocycles. The van der Waals surface area contributed by atoms with Crippen LogP contribution in [0.25, 0.3) is 0 Å². The lowest BCUT2D eigenvalue weighted by Crippen LogP contribution is -2.52. The smallest absolute Gasteiger partial charge is 0.328 e. The summed E-state index contributed by atoms with van der Waals surface area (Å²) in [5.41, 5.74) is -0.774. The number of alkyl halides is 2. The molecule has 0 heterocycles. The molecule has 1 aromatic carbocycles. The van der Waals surface area contributed by atoms with Crippen molar-refractivity contribution in [2.24, 2.45) is 0 Å². The van der Waals surface area contributed by atoms with Crippen molar-refractivity contribution in [3.05, 3.63) is 35.9 Å². The maximum Gasteiger partial charge on any atom is 0.328 e. The van der Waals surface area contributed by atoms with E-state index in [-0.39, 0.29) is 19.1 Å². The summed E-state index contributed by atoms with van der Waals surface area (Å²) in [6, 6.07) is 8.60. The standard InChI is InChI=1S/C15H21F2NO3/c1-11(2)18-15(14(19)20,8-9-21-10-13(16)17)12-6-4-3-5-7-12/h3-7,11,13,18H,8-10H2,1-2H3,(H,19,20). The summed E-state index contributed by atoms with van der Waals surface area (Å²) in [5.74, 6) is -1.05. The normalized spacial score (nSPS) is 14.4. The minimum Gasteiger partial charge on any atom is -0.480 e. The summed E-state index contributed by atoms with van der Waals surface area (Å²) < 4.78 is 29.0. The molecular weight excluding hydrogens is 280 g/mol. The average Bonchev–Trinajstić information content (AvgIpc) is 2.42. The first-order chi connectivity index (χ1) is 9.88. The van der Waals surface area contributed by atoms with Gasteiger partial charge in [0.05, 0.1) is 0 Å². The van der Waals surface area contributed by atoms with Crippen molar-refractivity contribution >= 4 is 5.97 Å². The minimum absolute atomic E-state index is 0.0642. The van der Waals surface area contributed by atoms with Gasteiger partial charge >= 0.3 is 5.97 Å². The van der Waals surface area contributed by atoms with Gasteiger partial charge in [-0.25, -0.2) is 13.6 Å². The molecule has 0 bridgehead atoms. The fourth-order valence-corrected chi connectivity index (χ4v) is 2.21. The number of benzene rings is 1. The number of halogens is 2. The van der Waals surface area contributed by atoms with Crippen molar-refractivity contribution in [2.75, 3.05) is 13.2 Å². The van der Waals surface area contributed by atoms with Gasteiger partial charge in [0.1, 0.15) is 12.1 Å². The highest BCUT2D eigenvalue weighted by Crippen LogP contribution is 2.26. The molecule has 4 nitrogen and oxygen atoms in total. The summed E-state index contributed by atoms with van der Waals surface area (Å²) in [5, 5.41) is 12.7. The Kier molecular flexibility index (Phi) is 6.71. The van der Waals surface area contributed by atoms with Gasteiger partial charge in [0, 0.05) is 19.1 Å². The van der Waals surface area contributed by atoms with E-state index in [1.165, 1.54) is 0 Å². The van der Waals surface area contributed by atoms with Crippen LogP contribution in [0.15, 0.2) is 30.3 Å². The number of hydrogen-bond donors (Lipinski definition) is 2. The quantitative estimate of drug-likeness (QED) is 0.688. The number of rotatable bonds is 9. The molecule has 0 fully saturated rings. The molecule has 0 aliphatic heterocycles. The maximum atomic E-state index is 12.1. The molecule has 0 aromatic heterocycles. The lowest BCUT2D eigenvalue weighted by molar-refractivity contribution is -0.147. The van der Waals surface area contributed by atoms with Crippen molar-refractivity contribution in [1.29, 1.82) is 0 Å². The van der Waals surface area contributed by atoms with Crippen LogP contribution in [0.5, 0.6) is 0 Å².